The Morgan fingerprint density at radius 3 is 2.61 bits per heavy atom. The molecule has 0 aliphatic carbocycles. The second kappa shape index (κ2) is 7.58. The number of anilines is 2. The quantitative estimate of drug-likeness (QED) is 0.451. The number of methoxy groups -OCH3 is 1. The lowest BCUT2D eigenvalue weighted by molar-refractivity contribution is 0.415. The van der Waals surface area contributed by atoms with Gasteiger partial charge in [0, 0.05) is 29.0 Å². The molecule has 0 amide bonds. The maximum Gasteiger partial charge on any atom is 0.163 e. The van der Waals surface area contributed by atoms with Crippen LogP contribution in [0.1, 0.15) is 0 Å². The molecule has 5 nitrogen and oxygen atoms in total. The monoisotopic (exact) mass is 414 g/mol. The van der Waals surface area contributed by atoms with Gasteiger partial charge in [0.05, 0.1) is 22.7 Å². The molecule has 0 fully saturated rings. The molecular formula is C20H13Cl2FN4O. The lowest BCUT2D eigenvalue weighted by Crippen LogP contribution is -2.00. The van der Waals surface area contributed by atoms with Crippen LogP contribution in [0.4, 0.5) is 15.9 Å². The maximum absolute atomic E-state index is 13.5. The van der Waals surface area contributed by atoms with E-state index in [1.54, 1.807) is 36.7 Å². The number of halogens is 3. The average molecular weight is 415 g/mol. The Kier molecular flexibility index (Phi) is 4.98. The maximum atomic E-state index is 13.5. The van der Waals surface area contributed by atoms with Crippen molar-refractivity contribution in [3.63, 3.8) is 0 Å². The molecule has 0 spiro atoms. The van der Waals surface area contributed by atoms with Crippen molar-refractivity contribution in [3.05, 3.63) is 70.7 Å². The Morgan fingerprint density at radius 1 is 1.04 bits per heavy atom. The van der Waals surface area contributed by atoms with Gasteiger partial charge in [-0.15, -0.1) is 0 Å². The Bertz CT molecular complexity index is 1170. The van der Waals surface area contributed by atoms with Crippen LogP contribution in [0.3, 0.4) is 0 Å². The predicted octanol–water partition coefficient (Wildman–Crippen LogP) is 5.89. The number of aromatic nitrogens is 3. The van der Waals surface area contributed by atoms with Gasteiger partial charge < -0.3 is 10.1 Å². The largest absolute Gasteiger partial charge is 0.495 e. The molecule has 8 heteroatoms. The summed E-state index contributed by atoms with van der Waals surface area (Å²) in [5.74, 6) is 0.968. The molecule has 1 N–H and O–H groups in total. The lowest BCUT2D eigenvalue weighted by Gasteiger charge is -2.13. The van der Waals surface area contributed by atoms with Gasteiger partial charge in [-0.05, 0) is 42.5 Å². The highest BCUT2D eigenvalue weighted by Gasteiger charge is 2.14. The molecule has 0 atom stereocenters. The minimum atomic E-state index is -0.496. The third kappa shape index (κ3) is 3.56. The van der Waals surface area contributed by atoms with Crippen molar-refractivity contribution in [2.45, 2.75) is 0 Å². The van der Waals surface area contributed by atoms with Crippen molar-refractivity contribution in [2.24, 2.45) is 0 Å². The van der Waals surface area contributed by atoms with E-state index in [0.717, 1.165) is 5.56 Å². The molecule has 0 saturated heterocycles. The van der Waals surface area contributed by atoms with Gasteiger partial charge in [0.2, 0.25) is 0 Å². The number of rotatable bonds is 4. The van der Waals surface area contributed by atoms with Gasteiger partial charge in [-0.25, -0.2) is 14.4 Å². The number of hydrogen-bond donors (Lipinski definition) is 1. The van der Waals surface area contributed by atoms with Crippen LogP contribution >= 0.6 is 23.2 Å². The van der Waals surface area contributed by atoms with Crippen molar-refractivity contribution in [2.75, 3.05) is 12.4 Å². The van der Waals surface area contributed by atoms with Crippen molar-refractivity contribution in [3.8, 4) is 17.1 Å². The van der Waals surface area contributed by atoms with E-state index in [2.05, 4.69) is 20.3 Å². The van der Waals surface area contributed by atoms with Crippen molar-refractivity contribution < 1.29 is 9.13 Å². The van der Waals surface area contributed by atoms with E-state index >= 15 is 0 Å². The van der Waals surface area contributed by atoms with Gasteiger partial charge >= 0.3 is 0 Å². The van der Waals surface area contributed by atoms with Crippen LogP contribution in [-0.4, -0.2) is 22.1 Å². The molecular weight excluding hydrogens is 402 g/mol. The van der Waals surface area contributed by atoms with E-state index in [9.17, 15) is 4.39 Å². The van der Waals surface area contributed by atoms with E-state index in [-0.39, 0.29) is 5.02 Å². The first-order chi connectivity index (χ1) is 13.5. The summed E-state index contributed by atoms with van der Waals surface area (Å²) >= 11 is 12.2. The molecule has 0 aliphatic rings. The van der Waals surface area contributed by atoms with Crippen molar-refractivity contribution >= 4 is 45.6 Å². The molecule has 140 valence electrons. The molecule has 28 heavy (non-hydrogen) atoms. The zero-order valence-electron chi connectivity index (χ0n) is 14.6. The van der Waals surface area contributed by atoms with Crippen molar-refractivity contribution in [1.29, 1.82) is 0 Å². The fourth-order valence-corrected chi connectivity index (χ4v) is 3.13. The first-order valence-corrected chi connectivity index (χ1v) is 8.98. The molecule has 2 aromatic carbocycles. The molecule has 4 aromatic rings. The number of fused-ring (bicyclic) bond motifs is 1. The first kappa shape index (κ1) is 18.4. The Labute approximate surface area is 170 Å². The van der Waals surface area contributed by atoms with Gasteiger partial charge in [-0.3, -0.25) is 4.98 Å². The number of pyridine rings is 1. The summed E-state index contributed by atoms with van der Waals surface area (Å²) in [6.07, 6.45) is 3.34. The van der Waals surface area contributed by atoms with Gasteiger partial charge in [0.1, 0.15) is 17.4 Å². The zero-order valence-corrected chi connectivity index (χ0v) is 16.1. The average Bonchev–Trinajstić information content (AvgIpc) is 2.70. The SMILES string of the molecule is COc1cc2c(Nc3ccc(F)c(Cl)c3)nc(-c3cccnc3)nc2cc1Cl. The zero-order chi connectivity index (χ0) is 19.7. The fraction of sp³-hybridized carbons (Fsp3) is 0.0500. The Morgan fingerprint density at radius 2 is 1.89 bits per heavy atom. The molecule has 0 bridgehead atoms. The summed E-state index contributed by atoms with van der Waals surface area (Å²) in [6.45, 7) is 0. The number of hydrogen-bond acceptors (Lipinski definition) is 5. The number of nitrogens with zero attached hydrogens (tertiary/aromatic N) is 3. The number of ether oxygens (including phenoxy) is 1. The summed E-state index contributed by atoms with van der Waals surface area (Å²) < 4.78 is 18.8. The number of benzene rings is 2. The number of nitrogens with one attached hydrogen (secondary N) is 1. The summed E-state index contributed by atoms with van der Waals surface area (Å²) in [7, 11) is 1.53. The van der Waals surface area contributed by atoms with Crippen LogP contribution in [0.25, 0.3) is 22.3 Å². The van der Waals surface area contributed by atoms with E-state index in [4.69, 9.17) is 27.9 Å². The fourth-order valence-electron chi connectivity index (χ4n) is 2.72. The predicted molar refractivity (Wildman–Crippen MR) is 109 cm³/mol. The van der Waals surface area contributed by atoms with Gasteiger partial charge in [0.25, 0.3) is 0 Å². The normalized spacial score (nSPS) is 10.9. The van der Waals surface area contributed by atoms with E-state index < -0.39 is 5.82 Å². The second-order valence-corrected chi connectivity index (χ2v) is 6.71. The minimum Gasteiger partial charge on any atom is -0.495 e. The van der Waals surface area contributed by atoms with Crippen LogP contribution in [0.5, 0.6) is 5.75 Å². The van der Waals surface area contributed by atoms with Crippen LogP contribution in [0.2, 0.25) is 10.0 Å². The second-order valence-electron chi connectivity index (χ2n) is 5.90. The van der Waals surface area contributed by atoms with Gasteiger partial charge in [-0.2, -0.15) is 0 Å². The molecule has 2 aromatic heterocycles. The highest BCUT2D eigenvalue weighted by molar-refractivity contribution is 6.33. The Hall–Kier alpha value is -2.96. The van der Waals surface area contributed by atoms with E-state index in [0.29, 0.717) is 39.0 Å². The van der Waals surface area contributed by atoms with E-state index in [1.807, 2.05) is 6.07 Å². The topological polar surface area (TPSA) is 59.9 Å². The highest BCUT2D eigenvalue weighted by Crippen LogP contribution is 2.35. The molecule has 0 aliphatic heterocycles. The third-order valence-electron chi connectivity index (χ3n) is 4.07. The minimum absolute atomic E-state index is 0.0106. The molecule has 0 unspecified atom stereocenters. The van der Waals surface area contributed by atoms with Gasteiger partial charge in [0.15, 0.2) is 5.82 Å². The highest BCUT2D eigenvalue weighted by atomic mass is 35.5. The summed E-state index contributed by atoms with van der Waals surface area (Å²) in [5.41, 5.74) is 1.95. The first-order valence-electron chi connectivity index (χ1n) is 8.23. The standard InChI is InChI=1S/C20H13Cl2FN4O/c1-28-18-8-13-17(9-15(18)22)26-19(11-3-2-6-24-10-11)27-20(13)25-12-4-5-16(23)14(21)7-12/h2-10H,1H3,(H,25,26,27). The Balaban J connectivity index is 1.91. The third-order valence-corrected chi connectivity index (χ3v) is 4.66. The van der Waals surface area contributed by atoms with Crippen LogP contribution in [-0.2, 0) is 0 Å². The van der Waals surface area contributed by atoms with E-state index in [1.165, 1.54) is 19.2 Å². The molecule has 0 saturated carbocycles. The van der Waals surface area contributed by atoms with Crippen LogP contribution in [0.15, 0.2) is 54.9 Å². The molecule has 2 heterocycles. The summed E-state index contributed by atoms with van der Waals surface area (Å²) in [5, 5.41) is 4.31. The molecule has 4 rings (SSSR count). The van der Waals surface area contributed by atoms with Crippen LogP contribution < -0.4 is 10.1 Å². The van der Waals surface area contributed by atoms with Crippen LogP contribution in [0, 0.1) is 5.82 Å². The molecule has 0 radical (unpaired) electrons. The van der Waals surface area contributed by atoms with Gasteiger partial charge in [-0.1, -0.05) is 23.2 Å². The van der Waals surface area contributed by atoms with Crippen molar-refractivity contribution in [1.82, 2.24) is 15.0 Å². The summed E-state index contributed by atoms with van der Waals surface area (Å²) in [6, 6.07) is 11.5. The lowest BCUT2D eigenvalue weighted by atomic mass is 10.2. The summed E-state index contributed by atoms with van der Waals surface area (Å²) in [4.78, 5) is 13.3. The smallest absolute Gasteiger partial charge is 0.163 e.